The van der Waals surface area contributed by atoms with Gasteiger partial charge in [-0.2, -0.15) is 0 Å². The van der Waals surface area contributed by atoms with E-state index in [0.29, 0.717) is 5.92 Å². The first kappa shape index (κ1) is 13.6. The fourth-order valence-corrected chi connectivity index (χ4v) is 2.03. The summed E-state index contributed by atoms with van der Waals surface area (Å²) in [6.07, 6.45) is 3.76. The molecule has 1 atom stereocenters. The topological polar surface area (TPSA) is 60.6 Å². The molecule has 19 heavy (non-hydrogen) atoms. The SMILES string of the molecule is Cc1cn(C(C)c2nncn2C)c(NCC(C)C)n1. The maximum absolute atomic E-state index is 4.54. The van der Waals surface area contributed by atoms with E-state index in [0.717, 1.165) is 24.0 Å². The summed E-state index contributed by atoms with van der Waals surface area (Å²) in [5.41, 5.74) is 1.00. The third-order valence-electron chi connectivity index (χ3n) is 3.06. The first-order chi connectivity index (χ1) is 8.99. The minimum Gasteiger partial charge on any atom is -0.355 e. The third-order valence-corrected chi connectivity index (χ3v) is 3.06. The van der Waals surface area contributed by atoms with E-state index in [1.54, 1.807) is 6.33 Å². The molecule has 6 heteroatoms. The van der Waals surface area contributed by atoms with Crippen molar-refractivity contribution in [2.75, 3.05) is 11.9 Å². The summed E-state index contributed by atoms with van der Waals surface area (Å²) in [6.45, 7) is 9.37. The number of aryl methyl sites for hydroxylation is 2. The normalized spacial score (nSPS) is 12.9. The molecule has 0 spiro atoms. The van der Waals surface area contributed by atoms with Crippen molar-refractivity contribution in [1.82, 2.24) is 24.3 Å². The van der Waals surface area contributed by atoms with Crippen molar-refractivity contribution in [1.29, 1.82) is 0 Å². The summed E-state index contributed by atoms with van der Waals surface area (Å²) in [6, 6.07) is 0.100. The lowest BCUT2D eigenvalue weighted by atomic mass is 10.2. The van der Waals surface area contributed by atoms with E-state index in [2.05, 4.69) is 45.8 Å². The van der Waals surface area contributed by atoms with Gasteiger partial charge < -0.3 is 14.5 Å². The average Bonchev–Trinajstić information content (AvgIpc) is 2.92. The standard InChI is InChI=1S/C13H22N6/c1-9(2)6-14-13-16-10(3)7-19(13)11(4)12-17-15-8-18(12)5/h7-9,11H,6H2,1-5H3,(H,14,16). The Kier molecular flexibility index (Phi) is 3.87. The number of hydrogen-bond acceptors (Lipinski definition) is 4. The quantitative estimate of drug-likeness (QED) is 0.895. The van der Waals surface area contributed by atoms with Crippen LogP contribution in [-0.4, -0.2) is 30.9 Å². The van der Waals surface area contributed by atoms with Crippen LogP contribution in [0.4, 0.5) is 5.95 Å². The van der Waals surface area contributed by atoms with Gasteiger partial charge in [0.15, 0.2) is 5.82 Å². The highest BCUT2D eigenvalue weighted by Gasteiger charge is 2.17. The van der Waals surface area contributed by atoms with E-state index in [-0.39, 0.29) is 6.04 Å². The van der Waals surface area contributed by atoms with Crippen molar-refractivity contribution >= 4 is 5.95 Å². The molecule has 2 aromatic rings. The van der Waals surface area contributed by atoms with Gasteiger partial charge in [-0.1, -0.05) is 13.8 Å². The molecule has 0 saturated heterocycles. The molecule has 2 heterocycles. The summed E-state index contributed by atoms with van der Waals surface area (Å²) in [5.74, 6) is 2.39. The van der Waals surface area contributed by atoms with E-state index < -0.39 is 0 Å². The lowest BCUT2D eigenvalue weighted by molar-refractivity contribution is 0.573. The molecular formula is C13H22N6. The highest BCUT2D eigenvalue weighted by Crippen LogP contribution is 2.21. The van der Waals surface area contributed by atoms with Crippen LogP contribution in [0.25, 0.3) is 0 Å². The maximum Gasteiger partial charge on any atom is 0.203 e. The van der Waals surface area contributed by atoms with Crippen LogP contribution in [-0.2, 0) is 7.05 Å². The Bertz CT molecular complexity index is 539. The van der Waals surface area contributed by atoms with Crippen molar-refractivity contribution in [3.63, 3.8) is 0 Å². The van der Waals surface area contributed by atoms with Crippen LogP contribution < -0.4 is 5.32 Å². The van der Waals surface area contributed by atoms with Crippen LogP contribution in [0.3, 0.4) is 0 Å². The minimum atomic E-state index is 0.100. The van der Waals surface area contributed by atoms with Gasteiger partial charge in [0.25, 0.3) is 0 Å². The molecule has 104 valence electrons. The highest BCUT2D eigenvalue weighted by molar-refractivity contribution is 5.30. The van der Waals surface area contributed by atoms with Crippen molar-refractivity contribution < 1.29 is 0 Å². The van der Waals surface area contributed by atoms with E-state index in [4.69, 9.17) is 0 Å². The van der Waals surface area contributed by atoms with Gasteiger partial charge in [-0.3, -0.25) is 0 Å². The fourth-order valence-electron chi connectivity index (χ4n) is 2.03. The molecular weight excluding hydrogens is 240 g/mol. The molecule has 0 amide bonds. The van der Waals surface area contributed by atoms with Crippen LogP contribution in [0.2, 0.25) is 0 Å². The monoisotopic (exact) mass is 262 g/mol. The van der Waals surface area contributed by atoms with Crippen molar-refractivity contribution in [3.8, 4) is 0 Å². The number of nitrogens with zero attached hydrogens (tertiary/aromatic N) is 5. The molecule has 0 aliphatic heterocycles. The second-order valence-electron chi connectivity index (χ2n) is 5.36. The number of imidazole rings is 1. The second kappa shape index (κ2) is 5.42. The fraction of sp³-hybridized carbons (Fsp3) is 0.615. The van der Waals surface area contributed by atoms with Gasteiger partial charge in [0.05, 0.1) is 11.7 Å². The van der Waals surface area contributed by atoms with Gasteiger partial charge in [0.1, 0.15) is 6.33 Å². The third kappa shape index (κ3) is 2.94. The van der Waals surface area contributed by atoms with E-state index in [1.807, 2.05) is 24.7 Å². The average molecular weight is 262 g/mol. The smallest absolute Gasteiger partial charge is 0.203 e. The molecule has 1 N–H and O–H groups in total. The molecule has 0 saturated carbocycles. The minimum absolute atomic E-state index is 0.100. The van der Waals surface area contributed by atoms with Gasteiger partial charge in [-0.05, 0) is 19.8 Å². The zero-order chi connectivity index (χ0) is 14.0. The number of anilines is 1. The van der Waals surface area contributed by atoms with E-state index in [1.165, 1.54) is 0 Å². The van der Waals surface area contributed by atoms with E-state index in [9.17, 15) is 0 Å². The zero-order valence-electron chi connectivity index (χ0n) is 12.3. The Labute approximate surface area is 113 Å². The van der Waals surface area contributed by atoms with Gasteiger partial charge in [-0.15, -0.1) is 10.2 Å². The van der Waals surface area contributed by atoms with Crippen LogP contribution in [0.1, 0.15) is 38.3 Å². The van der Waals surface area contributed by atoms with Gasteiger partial charge >= 0.3 is 0 Å². The predicted molar refractivity (Wildman–Crippen MR) is 75.1 cm³/mol. The van der Waals surface area contributed by atoms with Gasteiger partial charge in [0, 0.05) is 19.8 Å². The molecule has 0 bridgehead atoms. The molecule has 2 rings (SSSR count). The maximum atomic E-state index is 4.54. The Morgan fingerprint density at radius 2 is 2.05 bits per heavy atom. The summed E-state index contributed by atoms with van der Waals surface area (Å²) >= 11 is 0. The molecule has 6 nitrogen and oxygen atoms in total. The first-order valence-electron chi connectivity index (χ1n) is 6.62. The number of hydrogen-bond donors (Lipinski definition) is 1. The Hall–Kier alpha value is -1.85. The lowest BCUT2D eigenvalue weighted by Gasteiger charge is -2.16. The number of aromatic nitrogens is 5. The number of nitrogens with one attached hydrogen (secondary N) is 1. The Balaban J connectivity index is 2.26. The van der Waals surface area contributed by atoms with Crippen LogP contribution in [0.15, 0.2) is 12.5 Å². The Morgan fingerprint density at radius 1 is 1.32 bits per heavy atom. The van der Waals surface area contributed by atoms with Crippen LogP contribution in [0.5, 0.6) is 0 Å². The van der Waals surface area contributed by atoms with Crippen molar-refractivity contribution in [2.45, 2.75) is 33.7 Å². The summed E-state index contributed by atoms with van der Waals surface area (Å²) in [4.78, 5) is 4.54. The van der Waals surface area contributed by atoms with Gasteiger partial charge in [-0.25, -0.2) is 4.98 Å². The van der Waals surface area contributed by atoms with Crippen molar-refractivity contribution in [3.05, 3.63) is 24.0 Å². The molecule has 0 aliphatic carbocycles. The van der Waals surface area contributed by atoms with E-state index >= 15 is 0 Å². The van der Waals surface area contributed by atoms with Gasteiger partial charge in [0.2, 0.25) is 5.95 Å². The summed E-state index contributed by atoms with van der Waals surface area (Å²) < 4.78 is 4.05. The molecule has 0 aromatic carbocycles. The predicted octanol–water partition coefficient (Wildman–Crippen LogP) is 2.00. The van der Waals surface area contributed by atoms with Crippen molar-refractivity contribution in [2.24, 2.45) is 13.0 Å². The zero-order valence-corrected chi connectivity index (χ0v) is 12.3. The number of rotatable bonds is 5. The summed E-state index contributed by atoms with van der Waals surface area (Å²) in [5, 5.41) is 11.5. The largest absolute Gasteiger partial charge is 0.355 e. The first-order valence-corrected chi connectivity index (χ1v) is 6.62. The molecule has 1 unspecified atom stereocenters. The highest BCUT2D eigenvalue weighted by atomic mass is 15.3. The van der Waals surface area contributed by atoms with Crippen LogP contribution in [0, 0.1) is 12.8 Å². The molecule has 0 aliphatic rings. The second-order valence-corrected chi connectivity index (χ2v) is 5.36. The van der Waals surface area contributed by atoms with Crippen LogP contribution >= 0.6 is 0 Å². The summed E-state index contributed by atoms with van der Waals surface area (Å²) in [7, 11) is 1.96. The molecule has 2 aromatic heterocycles. The Morgan fingerprint density at radius 3 is 2.63 bits per heavy atom. The molecule has 0 fully saturated rings. The molecule has 0 radical (unpaired) electrons. The lowest BCUT2D eigenvalue weighted by Crippen LogP contribution is -2.17.